The Hall–Kier alpha value is -2.60. The fraction of sp³-hybridized carbons (Fsp3) is 0.118. The molecule has 3 heteroatoms. The molecule has 100 valence electrons. The van der Waals surface area contributed by atoms with Gasteiger partial charge in [0.15, 0.2) is 0 Å². The fourth-order valence-electron chi connectivity index (χ4n) is 2.02. The van der Waals surface area contributed by atoms with Crippen molar-refractivity contribution in [3.8, 4) is 12.3 Å². The number of carbonyl (C=O) groups excluding carboxylic acids is 1. The van der Waals surface area contributed by atoms with E-state index in [1.54, 1.807) is 12.1 Å². The van der Waals surface area contributed by atoms with Crippen molar-refractivity contribution in [2.24, 2.45) is 0 Å². The van der Waals surface area contributed by atoms with Crippen LogP contribution in [0.4, 0.5) is 10.1 Å². The summed E-state index contributed by atoms with van der Waals surface area (Å²) in [5.41, 5.74) is 3.19. The average Bonchev–Trinajstić information content (AvgIpc) is 2.39. The van der Waals surface area contributed by atoms with Gasteiger partial charge >= 0.3 is 0 Å². The van der Waals surface area contributed by atoms with Crippen LogP contribution in [0.2, 0.25) is 0 Å². The van der Waals surface area contributed by atoms with Gasteiger partial charge in [-0.3, -0.25) is 4.79 Å². The van der Waals surface area contributed by atoms with E-state index in [9.17, 15) is 9.18 Å². The van der Waals surface area contributed by atoms with Gasteiger partial charge in [-0.1, -0.05) is 23.1 Å². The van der Waals surface area contributed by atoms with Crippen LogP contribution in [0.25, 0.3) is 0 Å². The van der Waals surface area contributed by atoms with Crippen LogP contribution < -0.4 is 5.32 Å². The zero-order valence-corrected chi connectivity index (χ0v) is 11.3. The number of anilines is 1. The van der Waals surface area contributed by atoms with Gasteiger partial charge < -0.3 is 5.32 Å². The molecule has 2 aromatic rings. The highest BCUT2D eigenvalue weighted by Gasteiger charge is 2.08. The Bertz CT molecular complexity index is 693. The van der Waals surface area contributed by atoms with Gasteiger partial charge in [0.1, 0.15) is 5.82 Å². The van der Waals surface area contributed by atoms with Crippen molar-refractivity contribution < 1.29 is 9.18 Å². The van der Waals surface area contributed by atoms with Gasteiger partial charge in [-0.05, 0) is 44.2 Å². The topological polar surface area (TPSA) is 29.1 Å². The summed E-state index contributed by atoms with van der Waals surface area (Å²) in [6.45, 7) is 3.86. The van der Waals surface area contributed by atoms with E-state index in [0.717, 1.165) is 11.1 Å². The van der Waals surface area contributed by atoms with Crippen LogP contribution in [-0.4, -0.2) is 5.91 Å². The van der Waals surface area contributed by atoms with Crippen molar-refractivity contribution in [1.29, 1.82) is 0 Å². The number of benzene rings is 2. The second-order valence-corrected chi connectivity index (χ2v) is 4.67. The molecule has 1 N–H and O–H groups in total. The molecule has 0 saturated carbocycles. The molecule has 0 bridgehead atoms. The minimum atomic E-state index is -0.475. The Kier molecular flexibility index (Phi) is 3.86. The van der Waals surface area contributed by atoms with E-state index in [0.29, 0.717) is 11.3 Å². The largest absolute Gasteiger partial charge is 0.322 e. The molecule has 0 spiro atoms. The minimum Gasteiger partial charge on any atom is -0.322 e. The number of terminal acetylenes is 1. The third kappa shape index (κ3) is 3.04. The molecule has 0 aliphatic heterocycles. The van der Waals surface area contributed by atoms with Gasteiger partial charge in [-0.15, -0.1) is 6.42 Å². The summed E-state index contributed by atoms with van der Waals surface area (Å²) in [6.07, 6.45) is 5.20. The lowest BCUT2D eigenvalue weighted by molar-refractivity contribution is 0.102. The number of halogens is 1. The quantitative estimate of drug-likeness (QED) is 0.826. The van der Waals surface area contributed by atoms with Crippen LogP contribution in [0.15, 0.2) is 36.4 Å². The van der Waals surface area contributed by atoms with Crippen LogP contribution in [0, 0.1) is 32.0 Å². The molecule has 0 fully saturated rings. The lowest BCUT2D eigenvalue weighted by atomic mass is 10.1. The molecule has 0 atom stereocenters. The Morgan fingerprint density at radius 1 is 1.15 bits per heavy atom. The number of hydrogen-bond acceptors (Lipinski definition) is 1. The van der Waals surface area contributed by atoms with Gasteiger partial charge in [0.05, 0.1) is 5.56 Å². The molecular formula is C17H14FNO. The molecule has 0 unspecified atom stereocenters. The van der Waals surface area contributed by atoms with E-state index in [1.165, 1.54) is 18.2 Å². The maximum absolute atomic E-state index is 13.3. The van der Waals surface area contributed by atoms with E-state index in [2.05, 4.69) is 11.2 Å². The predicted octanol–water partition coefficient (Wildman–Crippen LogP) is 3.68. The van der Waals surface area contributed by atoms with Gasteiger partial charge in [-0.25, -0.2) is 4.39 Å². The fourth-order valence-corrected chi connectivity index (χ4v) is 2.02. The van der Waals surface area contributed by atoms with E-state index < -0.39 is 5.82 Å². The lowest BCUT2D eigenvalue weighted by Gasteiger charge is -2.08. The Balaban J connectivity index is 2.26. The molecule has 0 saturated heterocycles. The monoisotopic (exact) mass is 267 g/mol. The molecule has 20 heavy (non-hydrogen) atoms. The molecule has 2 aromatic carbocycles. The number of nitrogens with one attached hydrogen (secondary N) is 1. The third-order valence-corrected chi connectivity index (χ3v) is 2.86. The summed E-state index contributed by atoms with van der Waals surface area (Å²) in [7, 11) is 0. The predicted molar refractivity (Wildman–Crippen MR) is 78.2 cm³/mol. The molecule has 2 rings (SSSR count). The smallest absolute Gasteiger partial charge is 0.255 e. The Morgan fingerprint density at radius 2 is 1.80 bits per heavy atom. The zero-order chi connectivity index (χ0) is 14.7. The van der Waals surface area contributed by atoms with Crippen LogP contribution in [0.1, 0.15) is 27.0 Å². The first-order valence-electron chi connectivity index (χ1n) is 6.15. The van der Waals surface area contributed by atoms with Gasteiger partial charge in [-0.2, -0.15) is 0 Å². The molecule has 0 aliphatic carbocycles. The summed E-state index contributed by atoms with van der Waals surface area (Å²) >= 11 is 0. The summed E-state index contributed by atoms with van der Waals surface area (Å²) in [4.78, 5) is 12.1. The van der Waals surface area contributed by atoms with Crippen molar-refractivity contribution in [1.82, 2.24) is 0 Å². The minimum absolute atomic E-state index is 0.128. The van der Waals surface area contributed by atoms with Crippen molar-refractivity contribution in [3.63, 3.8) is 0 Å². The van der Waals surface area contributed by atoms with Crippen molar-refractivity contribution >= 4 is 11.6 Å². The summed E-state index contributed by atoms with van der Waals surface area (Å²) < 4.78 is 13.3. The Labute approximate surface area is 117 Å². The molecular weight excluding hydrogens is 253 g/mol. The Morgan fingerprint density at radius 3 is 2.40 bits per heavy atom. The first kappa shape index (κ1) is 13.8. The summed E-state index contributed by atoms with van der Waals surface area (Å²) in [5, 5.41) is 2.71. The number of hydrogen-bond donors (Lipinski definition) is 1. The van der Waals surface area contributed by atoms with Crippen LogP contribution in [0.5, 0.6) is 0 Å². The molecule has 1 amide bonds. The van der Waals surface area contributed by atoms with Gasteiger partial charge in [0.25, 0.3) is 5.91 Å². The highest BCUT2D eigenvalue weighted by atomic mass is 19.1. The van der Waals surface area contributed by atoms with Crippen LogP contribution in [-0.2, 0) is 0 Å². The van der Waals surface area contributed by atoms with E-state index >= 15 is 0 Å². The second-order valence-electron chi connectivity index (χ2n) is 4.67. The third-order valence-electron chi connectivity index (χ3n) is 2.86. The van der Waals surface area contributed by atoms with Gasteiger partial charge in [0.2, 0.25) is 0 Å². The summed E-state index contributed by atoms with van der Waals surface area (Å²) in [6, 6.07) is 9.76. The standard InChI is InChI=1S/C17H14FNO/c1-4-13-10-15(5-6-16(13)18)19-17(20)14-8-11(2)7-12(3)9-14/h1,5-10H,2-3H3,(H,19,20). The molecule has 0 aromatic heterocycles. The molecule has 0 aliphatic rings. The average molecular weight is 267 g/mol. The second kappa shape index (κ2) is 5.58. The SMILES string of the molecule is C#Cc1cc(NC(=O)c2cc(C)cc(C)c2)ccc1F. The highest BCUT2D eigenvalue weighted by molar-refractivity contribution is 6.04. The molecule has 2 nitrogen and oxygen atoms in total. The van der Waals surface area contributed by atoms with E-state index in [4.69, 9.17) is 6.42 Å². The van der Waals surface area contributed by atoms with Crippen molar-refractivity contribution in [3.05, 3.63) is 64.5 Å². The highest BCUT2D eigenvalue weighted by Crippen LogP contribution is 2.16. The normalized spacial score (nSPS) is 9.90. The summed E-state index contributed by atoms with van der Waals surface area (Å²) in [5.74, 6) is 1.52. The van der Waals surface area contributed by atoms with E-state index in [-0.39, 0.29) is 11.5 Å². The first-order valence-corrected chi connectivity index (χ1v) is 6.15. The van der Waals surface area contributed by atoms with Crippen molar-refractivity contribution in [2.75, 3.05) is 5.32 Å². The van der Waals surface area contributed by atoms with Crippen molar-refractivity contribution in [2.45, 2.75) is 13.8 Å². The first-order chi connectivity index (χ1) is 9.49. The maximum Gasteiger partial charge on any atom is 0.255 e. The van der Waals surface area contributed by atoms with Gasteiger partial charge in [0, 0.05) is 11.3 Å². The number of rotatable bonds is 2. The molecule has 0 heterocycles. The van der Waals surface area contributed by atoms with Crippen LogP contribution >= 0.6 is 0 Å². The van der Waals surface area contributed by atoms with Crippen LogP contribution in [0.3, 0.4) is 0 Å². The van der Waals surface area contributed by atoms with E-state index in [1.807, 2.05) is 19.9 Å². The maximum atomic E-state index is 13.3. The number of aryl methyl sites for hydroxylation is 2. The molecule has 0 radical (unpaired) electrons. The number of amides is 1. The lowest BCUT2D eigenvalue weighted by Crippen LogP contribution is -2.12. The number of carbonyl (C=O) groups is 1. The zero-order valence-electron chi connectivity index (χ0n) is 11.3.